The summed E-state index contributed by atoms with van der Waals surface area (Å²) in [6.45, 7) is 1.44. The summed E-state index contributed by atoms with van der Waals surface area (Å²) in [7, 11) is -3.44. The minimum Gasteiger partial charge on any atom is -0.283 e. The fourth-order valence-electron chi connectivity index (χ4n) is 2.97. The van der Waals surface area contributed by atoms with Crippen molar-refractivity contribution < 1.29 is 13.2 Å². The number of nitrogens with zero attached hydrogens (tertiary/aromatic N) is 2. The molecule has 1 aliphatic heterocycles. The monoisotopic (exact) mass is 391 g/mol. The zero-order valence-electron chi connectivity index (χ0n) is 14.3. The third-order valence-corrected chi connectivity index (χ3v) is 4.97. The molecule has 6 nitrogen and oxygen atoms in total. The van der Waals surface area contributed by atoms with Crippen LogP contribution in [0.1, 0.15) is 30.5 Å². The van der Waals surface area contributed by atoms with Gasteiger partial charge in [-0.1, -0.05) is 48.0 Å². The Labute approximate surface area is 157 Å². The Morgan fingerprint density at radius 2 is 1.85 bits per heavy atom. The molecule has 1 N–H and O–H groups in total. The Balaban J connectivity index is 2.02. The predicted molar refractivity (Wildman–Crippen MR) is 103 cm³/mol. The number of amides is 1. The van der Waals surface area contributed by atoms with Crippen LogP contribution in [0.4, 0.5) is 5.69 Å². The highest BCUT2D eigenvalue weighted by molar-refractivity contribution is 7.92. The van der Waals surface area contributed by atoms with E-state index in [2.05, 4.69) is 9.82 Å². The van der Waals surface area contributed by atoms with Crippen LogP contribution in [0.25, 0.3) is 0 Å². The molecule has 0 radical (unpaired) electrons. The maximum Gasteiger partial charge on any atom is 0.240 e. The lowest BCUT2D eigenvalue weighted by Gasteiger charge is -2.21. The van der Waals surface area contributed by atoms with Crippen LogP contribution in [-0.2, 0) is 14.8 Å². The van der Waals surface area contributed by atoms with Crippen molar-refractivity contribution >= 4 is 38.9 Å². The molecule has 136 valence electrons. The van der Waals surface area contributed by atoms with E-state index in [0.29, 0.717) is 28.4 Å². The number of hydrogen-bond donors (Lipinski definition) is 1. The number of rotatable bonds is 4. The maximum absolute atomic E-state index is 12.1. The molecule has 3 rings (SSSR count). The second kappa shape index (κ2) is 7.09. The summed E-state index contributed by atoms with van der Waals surface area (Å²) in [5.74, 6) is -0.210. The third kappa shape index (κ3) is 3.89. The fourth-order valence-corrected chi connectivity index (χ4v) is 3.81. The van der Waals surface area contributed by atoms with Gasteiger partial charge in [0.2, 0.25) is 15.9 Å². The molecule has 0 aliphatic carbocycles. The van der Waals surface area contributed by atoms with Gasteiger partial charge in [-0.2, -0.15) is 5.10 Å². The lowest BCUT2D eigenvalue weighted by molar-refractivity contribution is -0.130. The molecule has 0 aromatic heterocycles. The number of carbonyl (C=O) groups is 1. The summed E-state index contributed by atoms with van der Waals surface area (Å²) < 4.78 is 25.8. The standard InChI is InChI=1S/C18H18ClN3O3S/c1-12(23)22-18(13-7-3-5-9-15(13)19)11-17(20-22)14-8-4-6-10-16(14)21-26(2,24)25/h3-10,18,21H,11H2,1-2H3. The van der Waals surface area contributed by atoms with Crippen LogP contribution >= 0.6 is 11.6 Å². The molecule has 1 amide bonds. The molecule has 26 heavy (non-hydrogen) atoms. The maximum atomic E-state index is 12.1. The first-order valence-corrected chi connectivity index (χ1v) is 10.2. The zero-order valence-corrected chi connectivity index (χ0v) is 15.9. The van der Waals surface area contributed by atoms with Crippen molar-refractivity contribution in [2.75, 3.05) is 11.0 Å². The predicted octanol–water partition coefficient (Wildman–Crippen LogP) is 3.41. The molecule has 1 heterocycles. The molecule has 2 aromatic carbocycles. The molecule has 2 aromatic rings. The summed E-state index contributed by atoms with van der Waals surface area (Å²) in [6.07, 6.45) is 1.53. The average molecular weight is 392 g/mol. The molecule has 1 atom stereocenters. The lowest BCUT2D eigenvalue weighted by Crippen LogP contribution is -2.24. The molecule has 1 unspecified atom stereocenters. The van der Waals surface area contributed by atoms with E-state index < -0.39 is 10.0 Å². The Hall–Kier alpha value is -2.38. The van der Waals surface area contributed by atoms with Crippen LogP contribution in [0.2, 0.25) is 5.02 Å². The van der Waals surface area contributed by atoms with E-state index in [-0.39, 0.29) is 11.9 Å². The van der Waals surface area contributed by atoms with Gasteiger partial charge >= 0.3 is 0 Å². The van der Waals surface area contributed by atoms with Crippen molar-refractivity contribution in [2.45, 2.75) is 19.4 Å². The van der Waals surface area contributed by atoms with Gasteiger partial charge < -0.3 is 0 Å². The summed E-state index contributed by atoms with van der Waals surface area (Å²) in [4.78, 5) is 12.1. The van der Waals surface area contributed by atoms with E-state index in [0.717, 1.165) is 11.8 Å². The van der Waals surface area contributed by atoms with E-state index in [4.69, 9.17) is 11.6 Å². The smallest absolute Gasteiger partial charge is 0.240 e. The summed E-state index contributed by atoms with van der Waals surface area (Å²) >= 11 is 6.31. The number of halogens is 1. The molecule has 0 saturated carbocycles. The van der Waals surface area contributed by atoms with Crippen LogP contribution in [0.3, 0.4) is 0 Å². The first-order chi connectivity index (χ1) is 12.3. The van der Waals surface area contributed by atoms with Gasteiger partial charge in [-0.3, -0.25) is 9.52 Å². The minimum atomic E-state index is -3.44. The number of hydrazone groups is 1. The second-order valence-corrected chi connectivity index (χ2v) is 8.23. The normalized spacial score (nSPS) is 17.1. The molecule has 8 heteroatoms. The van der Waals surface area contributed by atoms with Crippen molar-refractivity contribution in [3.05, 3.63) is 64.7 Å². The van der Waals surface area contributed by atoms with Crippen molar-refractivity contribution in [3.8, 4) is 0 Å². The third-order valence-electron chi connectivity index (χ3n) is 4.03. The van der Waals surface area contributed by atoms with Crippen LogP contribution in [0.15, 0.2) is 53.6 Å². The number of benzene rings is 2. The Kier molecular flexibility index (Phi) is 5.02. The topological polar surface area (TPSA) is 78.8 Å². The first-order valence-electron chi connectivity index (χ1n) is 7.95. The minimum absolute atomic E-state index is 0.210. The zero-order chi connectivity index (χ0) is 18.9. The Morgan fingerprint density at radius 1 is 1.19 bits per heavy atom. The molecule has 0 fully saturated rings. The van der Waals surface area contributed by atoms with Crippen molar-refractivity contribution in [2.24, 2.45) is 5.10 Å². The van der Waals surface area contributed by atoms with Gasteiger partial charge in [-0.25, -0.2) is 13.4 Å². The number of carbonyl (C=O) groups excluding carboxylic acids is 1. The number of sulfonamides is 1. The van der Waals surface area contributed by atoms with Crippen LogP contribution in [0, 0.1) is 0 Å². The molecular weight excluding hydrogens is 374 g/mol. The lowest BCUT2D eigenvalue weighted by atomic mass is 9.97. The molecular formula is C18H18ClN3O3S. The quantitative estimate of drug-likeness (QED) is 0.867. The molecule has 0 spiro atoms. The second-order valence-electron chi connectivity index (χ2n) is 6.07. The molecule has 0 saturated heterocycles. The number of hydrogen-bond acceptors (Lipinski definition) is 4. The fraction of sp³-hybridized carbons (Fsp3) is 0.222. The van der Waals surface area contributed by atoms with Crippen molar-refractivity contribution in [1.29, 1.82) is 0 Å². The number of nitrogens with one attached hydrogen (secondary N) is 1. The van der Waals surface area contributed by atoms with Gasteiger partial charge in [0, 0.05) is 23.9 Å². The van der Waals surface area contributed by atoms with Crippen LogP contribution in [-0.4, -0.2) is 31.3 Å². The van der Waals surface area contributed by atoms with Gasteiger partial charge in [0.25, 0.3) is 0 Å². The van der Waals surface area contributed by atoms with Crippen molar-refractivity contribution in [1.82, 2.24) is 5.01 Å². The van der Waals surface area contributed by atoms with Crippen LogP contribution in [0.5, 0.6) is 0 Å². The highest BCUT2D eigenvalue weighted by atomic mass is 35.5. The van der Waals surface area contributed by atoms with Gasteiger partial charge in [-0.05, 0) is 17.7 Å². The highest BCUT2D eigenvalue weighted by Crippen LogP contribution is 2.37. The van der Waals surface area contributed by atoms with Gasteiger partial charge in [0.05, 0.1) is 23.7 Å². The van der Waals surface area contributed by atoms with E-state index in [1.807, 2.05) is 18.2 Å². The van der Waals surface area contributed by atoms with Gasteiger partial charge in [0.1, 0.15) is 0 Å². The largest absolute Gasteiger partial charge is 0.283 e. The average Bonchev–Trinajstić information content (AvgIpc) is 2.99. The summed E-state index contributed by atoms with van der Waals surface area (Å²) in [5, 5.41) is 6.41. The van der Waals surface area contributed by atoms with Crippen molar-refractivity contribution in [3.63, 3.8) is 0 Å². The van der Waals surface area contributed by atoms with Gasteiger partial charge in [0.15, 0.2) is 0 Å². The molecule has 0 bridgehead atoms. The van der Waals surface area contributed by atoms with Gasteiger partial charge in [-0.15, -0.1) is 0 Å². The van der Waals surface area contributed by atoms with E-state index >= 15 is 0 Å². The Bertz CT molecular complexity index is 989. The van der Waals surface area contributed by atoms with E-state index in [1.165, 1.54) is 11.9 Å². The summed E-state index contributed by atoms with van der Waals surface area (Å²) in [6, 6.07) is 14.0. The molecule has 1 aliphatic rings. The number of anilines is 1. The first kappa shape index (κ1) is 18.4. The van der Waals surface area contributed by atoms with E-state index in [1.54, 1.807) is 30.3 Å². The number of para-hydroxylation sites is 1. The summed E-state index contributed by atoms with van der Waals surface area (Å²) in [5.41, 5.74) is 2.49. The highest BCUT2D eigenvalue weighted by Gasteiger charge is 2.33. The van der Waals surface area contributed by atoms with E-state index in [9.17, 15) is 13.2 Å². The Morgan fingerprint density at radius 3 is 2.50 bits per heavy atom. The SMILES string of the molecule is CC(=O)N1N=C(c2ccccc2NS(C)(=O)=O)CC1c1ccccc1Cl. The van der Waals surface area contributed by atoms with Crippen LogP contribution < -0.4 is 4.72 Å².